The lowest BCUT2D eigenvalue weighted by Gasteiger charge is -2.23. The van der Waals surface area contributed by atoms with Crippen LogP contribution >= 0.6 is 0 Å². The van der Waals surface area contributed by atoms with Crippen LogP contribution in [0.4, 0.5) is 17.3 Å². The Hall–Kier alpha value is -3.69. The van der Waals surface area contributed by atoms with Gasteiger partial charge in [-0.2, -0.15) is 5.26 Å². The molecule has 4 rings (SSSR count). The third-order valence-electron chi connectivity index (χ3n) is 4.18. The van der Waals surface area contributed by atoms with Crippen LogP contribution in [-0.4, -0.2) is 11.3 Å². The molecule has 6 heteroatoms. The van der Waals surface area contributed by atoms with E-state index in [0.717, 1.165) is 16.8 Å². The molecule has 2 aromatic carbocycles. The highest BCUT2D eigenvalue weighted by Crippen LogP contribution is 2.40. The molecule has 0 radical (unpaired) electrons. The van der Waals surface area contributed by atoms with E-state index in [0.29, 0.717) is 22.8 Å². The summed E-state index contributed by atoms with van der Waals surface area (Å²) in [5, 5.41) is 16.2. The minimum Gasteiger partial charge on any atom is -0.339 e. The van der Waals surface area contributed by atoms with Gasteiger partial charge in [0.2, 0.25) is 0 Å². The van der Waals surface area contributed by atoms with Gasteiger partial charge >= 0.3 is 0 Å². The molecular weight excluding hydrogens is 324 g/mol. The van der Waals surface area contributed by atoms with Gasteiger partial charge in [0.25, 0.3) is 0 Å². The Labute approximate surface area is 151 Å². The van der Waals surface area contributed by atoms with Gasteiger partial charge in [0.15, 0.2) is 5.82 Å². The highest BCUT2D eigenvalue weighted by atomic mass is 15.1. The van der Waals surface area contributed by atoms with Gasteiger partial charge in [-0.1, -0.05) is 48.5 Å². The van der Waals surface area contributed by atoms with Gasteiger partial charge < -0.3 is 16.4 Å². The van der Waals surface area contributed by atoms with E-state index in [1.165, 1.54) is 6.34 Å². The lowest BCUT2D eigenvalue weighted by Crippen LogP contribution is -2.20. The maximum Gasteiger partial charge on any atom is 0.151 e. The zero-order chi connectivity index (χ0) is 17.9. The summed E-state index contributed by atoms with van der Waals surface area (Å²) in [6.07, 6.45) is 0.958. The summed E-state index contributed by atoms with van der Waals surface area (Å²) in [6, 6.07) is 21.6. The summed E-state index contributed by atoms with van der Waals surface area (Å²) in [5.74, 6) is 1.08. The molecule has 3 aromatic rings. The number of fused-ring (bicyclic) bond motifs is 1. The molecule has 4 N–H and O–H groups in total. The Balaban J connectivity index is 1.96. The summed E-state index contributed by atoms with van der Waals surface area (Å²) in [5.41, 5.74) is 9.85. The number of aromatic nitrogens is 1. The van der Waals surface area contributed by atoms with Gasteiger partial charge in [0, 0.05) is 16.8 Å². The van der Waals surface area contributed by atoms with Crippen molar-refractivity contribution in [1.82, 2.24) is 4.98 Å². The van der Waals surface area contributed by atoms with Crippen molar-refractivity contribution in [2.24, 2.45) is 10.7 Å². The standard InChI is InChI=1S/C20H16N6/c21-11-15-16(13-7-3-1-4-8-13)17-18(22)23-12-24-20(17)26-19(15)25-14-9-5-2-6-10-14/h1-10,12,18H,22H2,(H2,23,24,25,26). The quantitative estimate of drug-likeness (QED) is 0.674. The number of anilines is 3. The normalized spacial score (nSPS) is 14.8. The van der Waals surface area contributed by atoms with Gasteiger partial charge in [0.05, 0.1) is 6.34 Å². The Bertz CT molecular complexity index is 1010. The zero-order valence-corrected chi connectivity index (χ0v) is 13.8. The number of para-hydroxylation sites is 1. The number of hydrogen-bond acceptors (Lipinski definition) is 6. The Morgan fingerprint density at radius 3 is 2.42 bits per heavy atom. The van der Waals surface area contributed by atoms with Gasteiger partial charge in [-0.25, -0.2) is 4.98 Å². The highest BCUT2D eigenvalue weighted by molar-refractivity contribution is 5.89. The average molecular weight is 340 g/mol. The van der Waals surface area contributed by atoms with Crippen molar-refractivity contribution in [3.8, 4) is 17.2 Å². The van der Waals surface area contributed by atoms with Crippen molar-refractivity contribution < 1.29 is 0 Å². The molecule has 26 heavy (non-hydrogen) atoms. The van der Waals surface area contributed by atoms with E-state index in [1.54, 1.807) is 0 Å². The summed E-state index contributed by atoms with van der Waals surface area (Å²) in [4.78, 5) is 8.82. The molecule has 1 aliphatic rings. The molecule has 6 nitrogen and oxygen atoms in total. The minimum absolute atomic E-state index is 0.438. The second-order valence-corrected chi connectivity index (χ2v) is 5.81. The fourth-order valence-electron chi connectivity index (χ4n) is 3.01. The van der Waals surface area contributed by atoms with Crippen molar-refractivity contribution in [2.75, 3.05) is 10.6 Å². The topological polar surface area (TPSA) is 99.1 Å². The number of hydrogen-bond donors (Lipinski definition) is 3. The smallest absolute Gasteiger partial charge is 0.151 e. The van der Waals surface area contributed by atoms with Crippen LogP contribution in [0.3, 0.4) is 0 Å². The second-order valence-electron chi connectivity index (χ2n) is 5.81. The molecule has 0 bridgehead atoms. The van der Waals surface area contributed by atoms with E-state index < -0.39 is 6.17 Å². The summed E-state index contributed by atoms with van der Waals surface area (Å²) >= 11 is 0. The van der Waals surface area contributed by atoms with Crippen LogP contribution in [0.1, 0.15) is 17.3 Å². The van der Waals surface area contributed by atoms with Gasteiger partial charge in [-0.3, -0.25) is 4.99 Å². The van der Waals surface area contributed by atoms with Crippen LogP contribution in [0.15, 0.2) is 65.7 Å². The first kappa shape index (κ1) is 15.8. The third-order valence-corrected chi connectivity index (χ3v) is 4.18. The van der Waals surface area contributed by atoms with Crippen molar-refractivity contribution >= 4 is 23.7 Å². The van der Waals surface area contributed by atoms with Crippen molar-refractivity contribution in [1.29, 1.82) is 5.26 Å². The second kappa shape index (κ2) is 6.67. The first-order chi connectivity index (χ1) is 12.8. The maximum absolute atomic E-state index is 9.90. The van der Waals surface area contributed by atoms with Gasteiger partial charge in [-0.05, 0) is 17.7 Å². The highest BCUT2D eigenvalue weighted by Gasteiger charge is 2.26. The maximum atomic E-state index is 9.90. The molecular formula is C20H16N6. The van der Waals surface area contributed by atoms with E-state index >= 15 is 0 Å². The molecule has 1 aromatic heterocycles. The van der Waals surface area contributed by atoms with Gasteiger partial charge in [-0.15, -0.1) is 0 Å². The third kappa shape index (κ3) is 2.77. The lowest BCUT2D eigenvalue weighted by molar-refractivity contribution is 0.771. The van der Waals surface area contributed by atoms with E-state index in [2.05, 4.69) is 26.7 Å². The monoisotopic (exact) mass is 340 g/mol. The largest absolute Gasteiger partial charge is 0.339 e. The zero-order valence-electron chi connectivity index (χ0n) is 13.8. The number of nitriles is 1. The number of rotatable bonds is 3. The first-order valence-electron chi connectivity index (χ1n) is 8.17. The molecule has 0 fully saturated rings. The van der Waals surface area contributed by atoms with Crippen LogP contribution in [0.2, 0.25) is 0 Å². The van der Waals surface area contributed by atoms with E-state index in [9.17, 15) is 5.26 Å². The molecule has 2 heterocycles. The fraction of sp³-hybridized carbons (Fsp3) is 0.0500. The first-order valence-corrected chi connectivity index (χ1v) is 8.17. The molecule has 1 atom stereocenters. The number of pyridine rings is 1. The van der Waals surface area contributed by atoms with E-state index in [1.807, 2.05) is 60.7 Å². The van der Waals surface area contributed by atoms with Crippen LogP contribution in [-0.2, 0) is 0 Å². The number of nitrogens with one attached hydrogen (secondary N) is 2. The molecule has 0 amide bonds. The van der Waals surface area contributed by atoms with Crippen molar-refractivity contribution in [2.45, 2.75) is 6.17 Å². The van der Waals surface area contributed by atoms with E-state index in [-0.39, 0.29) is 0 Å². The molecule has 0 spiro atoms. The summed E-state index contributed by atoms with van der Waals surface area (Å²) < 4.78 is 0. The Morgan fingerprint density at radius 2 is 1.73 bits per heavy atom. The fourth-order valence-corrected chi connectivity index (χ4v) is 3.01. The van der Waals surface area contributed by atoms with E-state index in [4.69, 9.17) is 5.73 Å². The summed E-state index contributed by atoms with van der Waals surface area (Å²) in [7, 11) is 0. The number of nitrogens with zero attached hydrogens (tertiary/aromatic N) is 3. The predicted molar refractivity (Wildman–Crippen MR) is 103 cm³/mol. The molecule has 126 valence electrons. The van der Waals surface area contributed by atoms with Crippen molar-refractivity contribution in [3.05, 3.63) is 71.8 Å². The van der Waals surface area contributed by atoms with Crippen LogP contribution in [0.5, 0.6) is 0 Å². The van der Waals surface area contributed by atoms with Gasteiger partial charge in [0.1, 0.15) is 23.6 Å². The molecule has 0 saturated carbocycles. The Morgan fingerprint density at radius 1 is 1.04 bits per heavy atom. The minimum atomic E-state index is -0.577. The Kier molecular flexibility index (Phi) is 4.06. The van der Waals surface area contributed by atoms with Crippen LogP contribution in [0.25, 0.3) is 11.1 Å². The van der Waals surface area contributed by atoms with Crippen LogP contribution in [0, 0.1) is 11.3 Å². The molecule has 1 aliphatic heterocycles. The number of aliphatic imine (C=N–C) groups is 1. The van der Waals surface area contributed by atoms with Crippen LogP contribution < -0.4 is 16.4 Å². The predicted octanol–water partition coefficient (Wildman–Crippen LogP) is 3.77. The number of benzene rings is 2. The lowest BCUT2D eigenvalue weighted by atomic mass is 9.93. The molecule has 0 saturated heterocycles. The summed E-state index contributed by atoms with van der Waals surface area (Å²) in [6.45, 7) is 0. The molecule has 0 aliphatic carbocycles. The SMILES string of the molecule is N#Cc1c(Nc2ccccc2)nc2c(c1-c1ccccc1)C(N)N=CN2. The number of nitrogens with two attached hydrogens (primary N) is 1. The molecule has 1 unspecified atom stereocenters. The average Bonchev–Trinajstić information content (AvgIpc) is 2.69. The van der Waals surface area contributed by atoms with Crippen molar-refractivity contribution in [3.63, 3.8) is 0 Å².